The minimum atomic E-state index is -4.03. The van der Waals surface area contributed by atoms with Crippen LogP contribution in [0.3, 0.4) is 0 Å². The second kappa shape index (κ2) is 8.02. The van der Waals surface area contributed by atoms with Crippen LogP contribution < -0.4 is 5.32 Å². The van der Waals surface area contributed by atoms with E-state index >= 15 is 0 Å². The monoisotopic (exact) mass is 296 g/mol. The number of nitrogens with one attached hydrogen (secondary N) is 1. The zero-order valence-corrected chi connectivity index (χ0v) is 12.4. The summed E-state index contributed by atoms with van der Waals surface area (Å²) in [4.78, 5) is 4.43. The lowest BCUT2D eigenvalue weighted by Crippen LogP contribution is -2.23. The van der Waals surface area contributed by atoms with E-state index in [1.165, 1.54) is 0 Å². The Morgan fingerprint density at radius 1 is 1.32 bits per heavy atom. The maximum Gasteiger partial charge on any atom is 0.389 e. The smallest absolute Gasteiger partial charge is 0.365 e. The van der Waals surface area contributed by atoms with E-state index in [0.717, 1.165) is 24.6 Å². The SMILES string of the molecule is CCC(CC)C1CN=C(NCCCCC(F)(F)F)S1. The number of hydrogen-bond acceptors (Lipinski definition) is 3. The number of amidine groups is 1. The van der Waals surface area contributed by atoms with Crippen molar-refractivity contribution in [3.05, 3.63) is 0 Å². The van der Waals surface area contributed by atoms with Crippen molar-refractivity contribution < 1.29 is 13.2 Å². The molecule has 1 rings (SSSR count). The fourth-order valence-corrected chi connectivity index (χ4v) is 3.54. The molecule has 0 radical (unpaired) electrons. The van der Waals surface area contributed by atoms with Crippen molar-refractivity contribution in [2.75, 3.05) is 13.1 Å². The van der Waals surface area contributed by atoms with Gasteiger partial charge in [-0.3, -0.25) is 4.99 Å². The third kappa shape index (κ3) is 6.54. The van der Waals surface area contributed by atoms with E-state index in [4.69, 9.17) is 0 Å². The summed E-state index contributed by atoms with van der Waals surface area (Å²) in [5.41, 5.74) is 0. The van der Waals surface area contributed by atoms with E-state index in [1.807, 2.05) is 0 Å². The molecule has 1 N–H and O–H groups in total. The van der Waals surface area contributed by atoms with Crippen LogP contribution in [0.2, 0.25) is 0 Å². The first kappa shape index (κ1) is 16.7. The van der Waals surface area contributed by atoms with Gasteiger partial charge in [0.05, 0.1) is 6.54 Å². The van der Waals surface area contributed by atoms with Gasteiger partial charge in [-0.05, 0) is 18.8 Å². The van der Waals surface area contributed by atoms with Gasteiger partial charge < -0.3 is 5.32 Å². The number of hydrogen-bond donors (Lipinski definition) is 1. The van der Waals surface area contributed by atoms with E-state index in [9.17, 15) is 13.2 Å². The highest BCUT2D eigenvalue weighted by atomic mass is 32.2. The molecular formula is C13H23F3N2S. The molecule has 1 heterocycles. The molecule has 1 unspecified atom stereocenters. The molecule has 0 saturated heterocycles. The van der Waals surface area contributed by atoms with Crippen LogP contribution >= 0.6 is 11.8 Å². The van der Waals surface area contributed by atoms with Gasteiger partial charge in [0.2, 0.25) is 0 Å². The minimum Gasteiger partial charge on any atom is -0.365 e. The predicted octanol–water partition coefficient (Wildman–Crippen LogP) is 4.22. The van der Waals surface area contributed by atoms with Crippen LogP contribution in [0.1, 0.15) is 46.0 Å². The van der Waals surface area contributed by atoms with Crippen LogP contribution in [-0.4, -0.2) is 29.7 Å². The average Bonchev–Trinajstić information content (AvgIpc) is 2.77. The van der Waals surface area contributed by atoms with Gasteiger partial charge in [-0.2, -0.15) is 13.2 Å². The zero-order chi connectivity index (χ0) is 14.3. The van der Waals surface area contributed by atoms with E-state index in [2.05, 4.69) is 24.2 Å². The maximum absolute atomic E-state index is 12.0. The molecule has 0 aromatic carbocycles. The summed E-state index contributed by atoms with van der Waals surface area (Å²) in [6, 6.07) is 0. The topological polar surface area (TPSA) is 24.4 Å². The largest absolute Gasteiger partial charge is 0.389 e. The lowest BCUT2D eigenvalue weighted by Gasteiger charge is -2.18. The van der Waals surface area contributed by atoms with Crippen molar-refractivity contribution in [2.24, 2.45) is 10.9 Å². The van der Waals surface area contributed by atoms with Gasteiger partial charge >= 0.3 is 6.18 Å². The molecule has 0 saturated carbocycles. The van der Waals surface area contributed by atoms with Gasteiger partial charge in [-0.25, -0.2) is 0 Å². The fraction of sp³-hybridized carbons (Fsp3) is 0.923. The van der Waals surface area contributed by atoms with Crippen molar-refractivity contribution in [2.45, 2.75) is 57.4 Å². The summed E-state index contributed by atoms with van der Waals surface area (Å²) < 4.78 is 35.9. The summed E-state index contributed by atoms with van der Waals surface area (Å²) in [6.07, 6.45) is -1.69. The van der Waals surface area contributed by atoms with Crippen molar-refractivity contribution in [3.63, 3.8) is 0 Å². The first-order chi connectivity index (χ1) is 8.96. The Bertz CT molecular complexity index is 288. The van der Waals surface area contributed by atoms with Gasteiger partial charge in [0.25, 0.3) is 0 Å². The van der Waals surface area contributed by atoms with E-state index in [-0.39, 0.29) is 6.42 Å². The molecular weight excluding hydrogens is 273 g/mol. The van der Waals surface area contributed by atoms with Gasteiger partial charge in [0.1, 0.15) is 0 Å². The summed E-state index contributed by atoms with van der Waals surface area (Å²) >= 11 is 1.75. The van der Waals surface area contributed by atoms with Crippen LogP contribution in [-0.2, 0) is 0 Å². The molecule has 6 heteroatoms. The molecule has 1 atom stereocenters. The van der Waals surface area contributed by atoms with E-state index < -0.39 is 12.6 Å². The third-order valence-corrected chi connectivity index (χ3v) is 4.75. The van der Waals surface area contributed by atoms with E-state index in [0.29, 0.717) is 24.1 Å². The molecule has 0 aromatic rings. The Balaban J connectivity index is 2.12. The number of rotatable bonds is 7. The lowest BCUT2D eigenvalue weighted by molar-refractivity contribution is -0.135. The molecule has 112 valence electrons. The molecule has 0 aliphatic carbocycles. The molecule has 19 heavy (non-hydrogen) atoms. The normalized spacial score (nSPS) is 19.9. The molecule has 0 bridgehead atoms. The number of unbranched alkanes of at least 4 members (excludes halogenated alkanes) is 1. The summed E-state index contributed by atoms with van der Waals surface area (Å²) in [6.45, 7) is 5.80. The van der Waals surface area contributed by atoms with Gasteiger partial charge in [-0.15, -0.1) is 0 Å². The van der Waals surface area contributed by atoms with Gasteiger partial charge in [0, 0.05) is 18.2 Å². The zero-order valence-electron chi connectivity index (χ0n) is 11.6. The standard InChI is InChI=1S/C13H23F3N2S/c1-3-10(4-2)11-9-18-12(19-11)17-8-6-5-7-13(14,15)16/h10-11H,3-9H2,1-2H3,(H,17,18). The van der Waals surface area contributed by atoms with Crippen molar-refractivity contribution in [3.8, 4) is 0 Å². The third-order valence-electron chi connectivity index (χ3n) is 3.42. The molecule has 0 spiro atoms. The Labute approximate surface area is 117 Å². The number of halogens is 3. The molecule has 1 aliphatic rings. The Kier molecular flexibility index (Phi) is 7.04. The Morgan fingerprint density at radius 2 is 2.00 bits per heavy atom. The van der Waals surface area contributed by atoms with Crippen molar-refractivity contribution >= 4 is 16.9 Å². The fourth-order valence-electron chi connectivity index (χ4n) is 2.19. The van der Waals surface area contributed by atoms with Crippen LogP contribution in [0.4, 0.5) is 13.2 Å². The van der Waals surface area contributed by atoms with Crippen LogP contribution in [0.25, 0.3) is 0 Å². The lowest BCUT2D eigenvalue weighted by atomic mass is 9.99. The highest BCUT2D eigenvalue weighted by Gasteiger charge is 2.27. The molecule has 1 aliphatic heterocycles. The first-order valence-electron chi connectivity index (χ1n) is 6.98. The molecule has 0 amide bonds. The number of nitrogens with zero attached hydrogens (tertiary/aromatic N) is 1. The van der Waals surface area contributed by atoms with Crippen molar-refractivity contribution in [1.82, 2.24) is 5.32 Å². The second-order valence-corrected chi connectivity index (χ2v) is 6.11. The summed E-state index contributed by atoms with van der Waals surface area (Å²) in [5.74, 6) is 0.679. The second-order valence-electron chi connectivity index (χ2n) is 4.88. The average molecular weight is 296 g/mol. The first-order valence-corrected chi connectivity index (χ1v) is 7.86. The highest BCUT2D eigenvalue weighted by Crippen LogP contribution is 2.30. The summed E-state index contributed by atoms with van der Waals surface area (Å²) in [5, 5.41) is 4.59. The van der Waals surface area contributed by atoms with Crippen LogP contribution in [0.15, 0.2) is 4.99 Å². The van der Waals surface area contributed by atoms with Crippen LogP contribution in [0.5, 0.6) is 0 Å². The summed E-state index contributed by atoms with van der Waals surface area (Å²) in [7, 11) is 0. The van der Waals surface area contributed by atoms with Crippen LogP contribution in [0, 0.1) is 5.92 Å². The Morgan fingerprint density at radius 3 is 2.58 bits per heavy atom. The molecule has 0 fully saturated rings. The van der Waals surface area contributed by atoms with E-state index in [1.54, 1.807) is 11.8 Å². The number of alkyl halides is 3. The van der Waals surface area contributed by atoms with Gasteiger partial charge in [0.15, 0.2) is 5.17 Å². The molecule has 0 aromatic heterocycles. The highest BCUT2D eigenvalue weighted by molar-refractivity contribution is 8.14. The minimum absolute atomic E-state index is 0.185. The van der Waals surface area contributed by atoms with Crippen molar-refractivity contribution in [1.29, 1.82) is 0 Å². The van der Waals surface area contributed by atoms with Gasteiger partial charge in [-0.1, -0.05) is 38.5 Å². The number of thioether (sulfide) groups is 1. The quantitative estimate of drug-likeness (QED) is 0.711. The maximum atomic E-state index is 12.0. The Hall–Kier alpha value is -0.390. The predicted molar refractivity (Wildman–Crippen MR) is 75.7 cm³/mol. The number of aliphatic imine (C=N–C) groups is 1. The molecule has 2 nitrogen and oxygen atoms in total.